The molecule has 0 spiro atoms. The van der Waals surface area contributed by atoms with E-state index in [1.165, 1.54) is 0 Å². The van der Waals surface area contributed by atoms with Gasteiger partial charge in [0.05, 0.1) is 17.6 Å². The summed E-state index contributed by atoms with van der Waals surface area (Å²) in [5.41, 5.74) is 2.05. The largest absolute Gasteiger partial charge is 0.347 e. The normalized spacial score (nSPS) is 15.8. The number of aromatic nitrogens is 2. The zero-order valence-corrected chi connectivity index (χ0v) is 13.3. The van der Waals surface area contributed by atoms with Crippen LogP contribution >= 0.6 is 0 Å². The number of amides is 2. The lowest BCUT2D eigenvalue weighted by Gasteiger charge is -2.31. The molecule has 0 atom stereocenters. The maximum absolute atomic E-state index is 12.1. The van der Waals surface area contributed by atoms with Crippen LogP contribution in [0.4, 0.5) is 0 Å². The fourth-order valence-electron chi connectivity index (χ4n) is 2.98. The molecule has 0 saturated carbocycles. The highest BCUT2D eigenvalue weighted by Crippen LogP contribution is 2.27. The highest BCUT2D eigenvalue weighted by molar-refractivity contribution is 5.84. The summed E-state index contributed by atoms with van der Waals surface area (Å²) >= 11 is 0. The minimum absolute atomic E-state index is 0.00476. The Balaban J connectivity index is 1.55. The Morgan fingerprint density at radius 1 is 1.30 bits per heavy atom. The molecule has 6 heteroatoms. The molecule has 1 aromatic heterocycles. The Labute approximate surface area is 135 Å². The molecule has 3 rings (SSSR count). The van der Waals surface area contributed by atoms with Crippen molar-refractivity contribution in [2.75, 3.05) is 19.6 Å². The van der Waals surface area contributed by atoms with Gasteiger partial charge in [-0.05, 0) is 25.0 Å². The lowest BCUT2D eigenvalue weighted by molar-refractivity contribution is -0.133. The van der Waals surface area contributed by atoms with E-state index < -0.39 is 0 Å². The average molecular weight is 314 g/mol. The number of rotatable bonds is 4. The van der Waals surface area contributed by atoms with Crippen LogP contribution in [0.25, 0.3) is 11.0 Å². The van der Waals surface area contributed by atoms with Crippen LogP contribution in [0.3, 0.4) is 0 Å². The highest BCUT2D eigenvalue weighted by atomic mass is 16.2. The van der Waals surface area contributed by atoms with Crippen molar-refractivity contribution in [2.24, 2.45) is 0 Å². The highest BCUT2D eigenvalue weighted by Gasteiger charge is 2.25. The van der Waals surface area contributed by atoms with Crippen molar-refractivity contribution < 1.29 is 9.59 Å². The van der Waals surface area contributed by atoms with Gasteiger partial charge in [0.25, 0.3) is 0 Å². The van der Waals surface area contributed by atoms with Gasteiger partial charge < -0.3 is 15.2 Å². The van der Waals surface area contributed by atoms with Gasteiger partial charge >= 0.3 is 0 Å². The number of nitrogens with one attached hydrogen (secondary N) is 2. The van der Waals surface area contributed by atoms with Gasteiger partial charge in [-0.1, -0.05) is 19.1 Å². The van der Waals surface area contributed by atoms with Crippen LogP contribution in [-0.4, -0.2) is 46.3 Å². The number of hydrogen-bond donors (Lipinski definition) is 2. The second-order valence-electron chi connectivity index (χ2n) is 5.92. The number of likely N-dealkylation sites (tertiary alicyclic amines) is 1. The molecule has 2 N–H and O–H groups in total. The van der Waals surface area contributed by atoms with E-state index in [0.717, 1.165) is 29.7 Å². The zero-order valence-electron chi connectivity index (χ0n) is 13.3. The molecule has 122 valence electrons. The summed E-state index contributed by atoms with van der Waals surface area (Å²) < 4.78 is 0. The zero-order chi connectivity index (χ0) is 16.2. The first-order valence-electron chi connectivity index (χ1n) is 8.16. The molecular weight excluding hydrogens is 292 g/mol. The predicted octanol–water partition coefficient (Wildman–Crippen LogP) is 1.80. The van der Waals surface area contributed by atoms with Gasteiger partial charge in [-0.3, -0.25) is 9.59 Å². The molecule has 1 aliphatic rings. The van der Waals surface area contributed by atoms with Crippen LogP contribution in [0.1, 0.15) is 37.9 Å². The van der Waals surface area contributed by atoms with Crippen molar-refractivity contribution in [3.05, 3.63) is 30.1 Å². The third-order valence-corrected chi connectivity index (χ3v) is 4.40. The summed E-state index contributed by atoms with van der Waals surface area (Å²) in [5.74, 6) is 1.28. The molecular formula is C17H22N4O2. The van der Waals surface area contributed by atoms with Crippen molar-refractivity contribution in [3.63, 3.8) is 0 Å². The first kappa shape index (κ1) is 15.5. The van der Waals surface area contributed by atoms with Crippen molar-refractivity contribution in [1.82, 2.24) is 20.2 Å². The molecule has 2 heterocycles. The summed E-state index contributed by atoms with van der Waals surface area (Å²) in [6.07, 6.45) is 2.20. The van der Waals surface area contributed by atoms with E-state index in [1.54, 1.807) is 6.92 Å². The summed E-state index contributed by atoms with van der Waals surface area (Å²) in [6, 6.07) is 8.01. The lowest BCUT2D eigenvalue weighted by Crippen LogP contribution is -2.43. The molecule has 2 amide bonds. The Morgan fingerprint density at radius 3 is 2.74 bits per heavy atom. The minimum Gasteiger partial charge on any atom is -0.347 e. The van der Waals surface area contributed by atoms with E-state index in [4.69, 9.17) is 0 Å². The van der Waals surface area contributed by atoms with Gasteiger partial charge in [0, 0.05) is 25.4 Å². The molecule has 1 fully saturated rings. The number of nitrogens with zero attached hydrogens (tertiary/aromatic N) is 2. The minimum atomic E-state index is -0.0875. The number of benzene rings is 1. The standard InChI is InChI=1S/C17H22N4O2/c1-2-15(22)18-11-16(23)21-9-7-12(8-10-21)17-19-13-5-3-4-6-14(13)20-17/h3-6,12H,2,7-11H2,1H3,(H,18,22)(H,19,20). The van der Waals surface area contributed by atoms with E-state index in [0.29, 0.717) is 25.4 Å². The van der Waals surface area contributed by atoms with Crippen LogP contribution in [0, 0.1) is 0 Å². The number of para-hydroxylation sites is 2. The third-order valence-electron chi connectivity index (χ3n) is 4.40. The number of aromatic amines is 1. The van der Waals surface area contributed by atoms with Gasteiger partial charge in [-0.15, -0.1) is 0 Å². The SMILES string of the molecule is CCC(=O)NCC(=O)N1CCC(c2nc3ccccc3[nH]2)CC1. The summed E-state index contributed by atoms with van der Waals surface area (Å²) in [4.78, 5) is 33.2. The monoisotopic (exact) mass is 314 g/mol. The third kappa shape index (κ3) is 3.52. The van der Waals surface area contributed by atoms with Crippen LogP contribution in [0.2, 0.25) is 0 Å². The van der Waals surface area contributed by atoms with E-state index in [-0.39, 0.29) is 18.4 Å². The van der Waals surface area contributed by atoms with E-state index in [1.807, 2.05) is 29.2 Å². The quantitative estimate of drug-likeness (QED) is 0.903. The molecule has 0 aliphatic carbocycles. The van der Waals surface area contributed by atoms with Crippen molar-refractivity contribution >= 4 is 22.8 Å². The van der Waals surface area contributed by atoms with Gasteiger partial charge in [-0.2, -0.15) is 0 Å². The smallest absolute Gasteiger partial charge is 0.241 e. The maximum atomic E-state index is 12.1. The van der Waals surface area contributed by atoms with E-state index in [9.17, 15) is 9.59 Å². The fourth-order valence-corrected chi connectivity index (χ4v) is 2.98. The lowest BCUT2D eigenvalue weighted by atomic mass is 9.96. The van der Waals surface area contributed by atoms with Crippen LogP contribution in [0.15, 0.2) is 24.3 Å². The Morgan fingerprint density at radius 2 is 2.04 bits per heavy atom. The van der Waals surface area contributed by atoms with Gasteiger partial charge in [0.15, 0.2) is 0 Å². The number of H-pyrrole nitrogens is 1. The summed E-state index contributed by atoms with van der Waals surface area (Å²) in [7, 11) is 0. The molecule has 0 radical (unpaired) electrons. The van der Waals surface area contributed by atoms with E-state index >= 15 is 0 Å². The van der Waals surface area contributed by atoms with E-state index in [2.05, 4.69) is 15.3 Å². The van der Waals surface area contributed by atoms with Crippen LogP contribution in [-0.2, 0) is 9.59 Å². The van der Waals surface area contributed by atoms with Crippen LogP contribution < -0.4 is 5.32 Å². The Bertz CT molecular complexity index is 668. The van der Waals surface area contributed by atoms with Gasteiger partial charge in [-0.25, -0.2) is 4.98 Å². The van der Waals surface area contributed by atoms with Crippen molar-refractivity contribution in [1.29, 1.82) is 0 Å². The summed E-state index contributed by atoms with van der Waals surface area (Å²) in [6.45, 7) is 3.30. The Hall–Kier alpha value is -2.37. The number of piperidine rings is 1. The Kier molecular flexibility index (Phi) is 4.60. The number of hydrogen-bond acceptors (Lipinski definition) is 3. The molecule has 1 aromatic carbocycles. The topological polar surface area (TPSA) is 78.1 Å². The molecule has 0 bridgehead atoms. The second-order valence-corrected chi connectivity index (χ2v) is 5.92. The maximum Gasteiger partial charge on any atom is 0.241 e. The number of carbonyl (C=O) groups is 2. The van der Waals surface area contributed by atoms with Crippen molar-refractivity contribution in [3.8, 4) is 0 Å². The molecule has 2 aromatic rings. The average Bonchev–Trinajstić information content (AvgIpc) is 3.03. The number of imidazole rings is 1. The first-order chi connectivity index (χ1) is 11.2. The number of carbonyl (C=O) groups excluding carboxylic acids is 2. The molecule has 6 nitrogen and oxygen atoms in total. The summed E-state index contributed by atoms with van der Waals surface area (Å²) in [5, 5.41) is 2.64. The predicted molar refractivity (Wildman–Crippen MR) is 87.9 cm³/mol. The fraction of sp³-hybridized carbons (Fsp3) is 0.471. The van der Waals surface area contributed by atoms with Gasteiger partial charge in [0.2, 0.25) is 11.8 Å². The molecule has 1 saturated heterocycles. The van der Waals surface area contributed by atoms with Crippen molar-refractivity contribution in [2.45, 2.75) is 32.1 Å². The van der Waals surface area contributed by atoms with Crippen LogP contribution in [0.5, 0.6) is 0 Å². The molecule has 23 heavy (non-hydrogen) atoms. The second kappa shape index (κ2) is 6.81. The number of fused-ring (bicyclic) bond motifs is 1. The molecule has 0 unspecified atom stereocenters. The van der Waals surface area contributed by atoms with Gasteiger partial charge in [0.1, 0.15) is 5.82 Å². The first-order valence-corrected chi connectivity index (χ1v) is 8.16. The molecule has 1 aliphatic heterocycles.